The zero-order valence-electron chi connectivity index (χ0n) is 17.2. The van der Waals surface area contributed by atoms with Gasteiger partial charge < -0.3 is 4.74 Å². The van der Waals surface area contributed by atoms with E-state index in [1.807, 2.05) is 42.7 Å². The van der Waals surface area contributed by atoms with Gasteiger partial charge in [0.05, 0.1) is 5.56 Å². The molecular weight excluding hydrogens is 360 g/mol. The van der Waals surface area contributed by atoms with Gasteiger partial charge in [-0.3, -0.25) is 0 Å². The first-order chi connectivity index (χ1) is 14.2. The summed E-state index contributed by atoms with van der Waals surface area (Å²) in [5.74, 6) is 0.883. The van der Waals surface area contributed by atoms with E-state index in [1.165, 1.54) is 18.4 Å². The average molecular weight is 389 g/mol. The summed E-state index contributed by atoms with van der Waals surface area (Å²) in [5.41, 5.74) is 3.71. The molecule has 1 aromatic heterocycles. The molecule has 3 rings (SSSR count). The van der Waals surface area contributed by atoms with Gasteiger partial charge in [-0.1, -0.05) is 57.4 Å². The number of unbranched alkanes of at least 4 members (excludes halogenated alkanes) is 2. The molecule has 0 unspecified atom stereocenters. The average Bonchev–Trinajstić information content (AvgIpc) is 2.75. The van der Waals surface area contributed by atoms with Crippen molar-refractivity contribution < 1.29 is 9.53 Å². The molecule has 0 aliphatic heterocycles. The predicted octanol–water partition coefficient (Wildman–Crippen LogP) is 6.05. The number of ether oxygens (including phenoxy) is 1. The van der Waals surface area contributed by atoms with E-state index >= 15 is 0 Å². The van der Waals surface area contributed by atoms with Crippen LogP contribution in [-0.2, 0) is 12.8 Å². The lowest BCUT2D eigenvalue weighted by molar-refractivity contribution is 0.0734. The van der Waals surface area contributed by atoms with E-state index in [0.29, 0.717) is 17.1 Å². The molecule has 0 fully saturated rings. The van der Waals surface area contributed by atoms with Crippen molar-refractivity contribution in [3.8, 4) is 17.1 Å². The van der Waals surface area contributed by atoms with E-state index in [-0.39, 0.29) is 5.97 Å². The molecule has 2 aromatic carbocycles. The molecule has 0 N–H and O–H groups in total. The Hall–Kier alpha value is -3.01. The molecule has 0 spiro atoms. The van der Waals surface area contributed by atoms with Gasteiger partial charge in [-0.2, -0.15) is 0 Å². The molecule has 1 heterocycles. The highest BCUT2D eigenvalue weighted by Gasteiger charge is 2.10. The highest BCUT2D eigenvalue weighted by molar-refractivity contribution is 5.91. The fraction of sp³-hybridized carbons (Fsp3) is 0.320. The molecule has 150 valence electrons. The number of aryl methyl sites for hydroxylation is 2. The van der Waals surface area contributed by atoms with Crippen molar-refractivity contribution in [3.63, 3.8) is 0 Å². The first kappa shape index (κ1) is 20.7. The number of hydrogen-bond donors (Lipinski definition) is 0. The van der Waals surface area contributed by atoms with Crippen molar-refractivity contribution in [1.29, 1.82) is 0 Å². The second-order valence-corrected chi connectivity index (χ2v) is 7.24. The Morgan fingerprint density at radius 3 is 2.31 bits per heavy atom. The van der Waals surface area contributed by atoms with Crippen LogP contribution < -0.4 is 4.74 Å². The van der Waals surface area contributed by atoms with E-state index in [0.717, 1.165) is 36.8 Å². The second-order valence-electron chi connectivity index (χ2n) is 7.24. The lowest BCUT2D eigenvalue weighted by atomic mass is 10.1. The summed E-state index contributed by atoms with van der Waals surface area (Å²) in [5, 5.41) is 0. The number of hydrogen-bond acceptors (Lipinski definition) is 4. The monoisotopic (exact) mass is 388 g/mol. The number of nitrogens with zero attached hydrogens (tertiary/aromatic N) is 2. The van der Waals surface area contributed by atoms with Crippen LogP contribution in [0.2, 0.25) is 0 Å². The van der Waals surface area contributed by atoms with E-state index in [4.69, 9.17) is 4.74 Å². The summed E-state index contributed by atoms with van der Waals surface area (Å²) in [4.78, 5) is 21.3. The van der Waals surface area contributed by atoms with Gasteiger partial charge in [0.15, 0.2) is 5.82 Å². The molecule has 3 aromatic rings. The normalized spacial score (nSPS) is 10.7. The Kier molecular flexibility index (Phi) is 7.51. The SMILES string of the molecule is CCCCCc1cccc(OC(=O)c2ccc(-c3ncc(CCC)cn3)cc2)c1. The van der Waals surface area contributed by atoms with Crippen molar-refractivity contribution in [2.75, 3.05) is 0 Å². The van der Waals surface area contributed by atoms with Crippen LogP contribution in [-0.4, -0.2) is 15.9 Å². The Morgan fingerprint density at radius 1 is 0.862 bits per heavy atom. The second kappa shape index (κ2) is 10.5. The van der Waals surface area contributed by atoms with Gasteiger partial charge in [-0.25, -0.2) is 14.8 Å². The third-order valence-corrected chi connectivity index (χ3v) is 4.80. The molecule has 0 amide bonds. The van der Waals surface area contributed by atoms with Crippen LogP contribution in [0.15, 0.2) is 60.9 Å². The molecule has 0 aliphatic carbocycles. The minimum Gasteiger partial charge on any atom is -0.423 e. The quantitative estimate of drug-likeness (QED) is 0.254. The lowest BCUT2D eigenvalue weighted by Gasteiger charge is -2.07. The van der Waals surface area contributed by atoms with Crippen LogP contribution in [0.25, 0.3) is 11.4 Å². The van der Waals surface area contributed by atoms with Crippen molar-refractivity contribution >= 4 is 5.97 Å². The molecule has 0 aliphatic rings. The van der Waals surface area contributed by atoms with Gasteiger partial charge in [0.1, 0.15) is 5.75 Å². The largest absolute Gasteiger partial charge is 0.423 e. The van der Waals surface area contributed by atoms with E-state index < -0.39 is 0 Å². The minimum absolute atomic E-state index is 0.360. The molecule has 0 saturated heterocycles. The Balaban J connectivity index is 1.64. The van der Waals surface area contributed by atoms with Crippen LogP contribution in [0.5, 0.6) is 5.75 Å². The molecule has 0 saturated carbocycles. The molecule has 0 radical (unpaired) electrons. The van der Waals surface area contributed by atoms with Crippen LogP contribution in [0, 0.1) is 0 Å². The van der Waals surface area contributed by atoms with Gasteiger partial charge >= 0.3 is 5.97 Å². The molecule has 4 nitrogen and oxygen atoms in total. The number of benzene rings is 2. The van der Waals surface area contributed by atoms with Crippen LogP contribution in [0.1, 0.15) is 61.0 Å². The number of rotatable bonds is 9. The highest BCUT2D eigenvalue weighted by Crippen LogP contribution is 2.19. The maximum absolute atomic E-state index is 12.5. The Bertz CT molecular complexity index is 918. The molecular formula is C25H28N2O2. The summed E-state index contributed by atoms with van der Waals surface area (Å²) in [6.45, 7) is 4.32. The zero-order valence-corrected chi connectivity index (χ0v) is 17.2. The number of carbonyl (C=O) groups is 1. The molecule has 0 atom stereocenters. The molecule has 0 bridgehead atoms. The minimum atomic E-state index is -0.360. The van der Waals surface area contributed by atoms with E-state index in [2.05, 4.69) is 29.9 Å². The Labute approximate surface area is 173 Å². The lowest BCUT2D eigenvalue weighted by Crippen LogP contribution is -2.08. The number of aromatic nitrogens is 2. The zero-order chi connectivity index (χ0) is 20.5. The first-order valence-electron chi connectivity index (χ1n) is 10.4. The maximum Gasteiger partial charge on any atom is 0.343 e. The molecule has 29 heavy (non-hydrogen) atoms. The topological polar surface area (TPSA) is 52.1 Å². The van der Waals surface area contributed by atoms with Gasteiger partial charge in [0, 0.05) is 18.0 Å². The van der Waals surface area contributed by atoms with Crippen molar-refractivity contribution in [3.05, 3.63) is 77.6 Å². The standard InChI is InChI=1S/C25H28N2O2/c1-3-5-6-9-19-10-7-11-23(16-19)29-25(28)22-14-12-21(13-15-22)24-26-17-20(8-4-2)18-27-24/h7,10-18H,3-6,8-9H2,1-2H3. The summed E-state index contributed by atoms with van der Waals surface area (Å²) in [7, 11) is 0. The number of esters is 1. The van der Waals surface area contributed by atoms with Crippen LogP contribution in [0.4, 0.5) is 0 Å². The van der Waals surface area contributed by atoms with Gasteiger partial charge in [-0.15, -0.1) is 0 Å². The summed E-state index contributed by atoms with van der Waals surface area (Å²) in [6.07, 6.45) is 10.3. The highest BCUT2D eigenvalue weighted by atomic mass is 16.5. The smallest absolute Gasteiger partial charge is 0.343 e. The maximum atomic E-state index is 12.5. The summed E-state index contributed by atoms with van der Waals surface area (Å²) in [6, 6.07) is 15.0. The number of carbonyl (C=O) groups excluding carboxylic acids is 1. The third kappa shape index (κ3) is 5.98. The fourth-order valence-electron chi connectivity index (χ4n) is 3.19. The van der Waals surface area contributed by atoms with Crippen molar-refractivity contribution in [1.82, 2.24) is 9.97 Å². The summed E-state index contributed by atoms with van der Waals surface area (Å²) >= 11 is 0. The summed E-state index contributed by atoms with van der Waals surface area (Å²) < 4.78 is 5.57. The van der Waals surface area contributed by atoms with Gasteiger partial charge in [0.2, 0.25) is 0 Å². The van der Waals surface area contributed by atoms with E-state index in [1.54, 1.807) is 12.1 Å². The predicted molar refractivity (Wildman–Crippen MR) is 116 cm³/mol. The van der Waals surface area contributed by atoms with Crippen LogP contribution in [0.3, 0.4) is 0 Å². The van der Waals surface area contributed by atoms with E-state index in [9.17, 15) is 4.79 Å². The fourth-order valence-corrected chi connectivity index (χ4v) is 3.19. The van der Waals surface area contributed by atoms with Gasteiger partial charge in [-0.05, 0) is 54.7 Å². The van der Waals surface area contributed by atoms with Gasteiger partial charge in [0.25, 0.3) is 0 Å². The molecule has 4 heteroatoms. The van der Waals surface area contributed by atoms with Crippen molar-refractivity contribution in [2.24, 2.45) is 0 Å². The third-order valence-electron chi connectivity index (χ3n) is 4.80. The van der Waals surface area contributed by atoms with Crippen LogP contribution >= 0.6 is 0 Å². The Morgan fingerprint density at radius 2 is 1.62 bits per heavy atom. The van der Waals surface area contributed by atoms with Crippen molar-refractivity contribution in [2.45, 2.75) is 52.4 Å². The first-order valence-corrected chi connectivity index (χ1v) is 10.4.